The Kier molecular flexibility index (Phi) is 3.08. The highest BCUT2D eigenvalue weighted by atomic mass is 32.2. The van der Waals surface area contributed by atoms with Crippen LogP contribution in [0.2, 0.25) is 0 Å². The standard InChI is InChI=1S/C15H13FN4O2S/c16-11-3-1-2-10(8-11)15-17-14-7-4-12(9-20(14)18-15)19-23(21,22)13-5-6-13/h1-4,7-9,13,19H,5-6H2. The molecule has 1 aliphatic rings. The van der Waals surface area contributed by atoms with Gasteiger partial charge < -0.3 is 0 Å². The lowest BCUT2D eigenvalue weighted by Gasteiger charge is -2.06. The van der Waals surface area contributed by atoms with E-state index in [1.54, 1.807) is 30.5 Å². The lowest BCUT2D eigenvalue weighted by Crippen LogP contribution is -2.17. The van der Waals surface area contributed by atoms with Gasteiger partial charge in [0.05, 0.1) is 17.1 Å². The molecule has 0 unspecified atom stereocenters. The first-order valence-electron chi connectivity index (χ1n) is 7.15. The summed E-state index contributed by atoms with van der Waals surface area (Å²) in [6.07, 6.45) is 2.96. The highest BCUT2D eigenvalue weighted by Gasteiger charge is 2.35. The van der Waals surface area contributed by atoms with Crippen molar-refractivity contribution in [3.8, 4) is 11.4 Å². The van der Waals surface area contributed by atoms with Crippen molar-refractivity contribution in [2.24, 2.45) is 0 Å². The van der Waals surface area contributed by atoms with Gasteiger partial charge in [-0.2, -0.15) is 0 Å². The van der Waals surface area contributed by atoms with Gasteiger partial charge in [-0.25, -0.2) is 22.3 Å². The van der Waals surface area contributed by atoms with E-state index in [4.69, 9.17) is 0 Å². The fraction of sp³-hybridized carbons (Fsp3) is 0.200. The van der Waals surface area contributed by atoms with Gasteiger partial charge >= 0.3 is 0 Å². The van der Waals surface area contributed by atoms with Crippen LogP contribution in [0.5, 0.6) is 0 Å². The second-order valence-corrected chi connectivity index (χ2v) is 7.47. The Morgan fingerprint density at radius 1 is 1.22 bits per heavy atom. The number of rotatable bonds is 4. The number of hydrogen-bond donors (Lipinski definition) is 1. The molecule has 6 nitrogen and oxygen atoms in total. The molecule has 0 spiro atoms. The first-order chi connectivity index (χ1) is 11.0. The van der Waals surface area contributed by atoms with Crippen molar-refractivity contribution in [1.29, 1.82) is 0 Å². The number of nitrogens with one attached hydrogen (secondary N) is 1. The Balaban J connectivity index is 1.69. The summed E-state index contributed by atoms with van der Waals surface area (Å²) in [5, 5.41) is 3.98. The quantitative estimate of drug-likeness (QED) is 0.796. The van der Waals surface area contributed by atoms with E-state index >= 15 is 0 Å². The highest BCUT2D eigenvalue weighted by molar-refractivity contribution is 7.93. The minimum Gasteiger partial charge on any atom is -0.282 e. The molecule has 0 bridgehead atoms. The number of pyridine rings is 1. The van der Waals surface area contributed by atoms with Crippen molar-refractivity contribution in [2.45, 2.75) is 18.1 Å². The van der Waals surface area contributed by atoms with Crippen LogP contribution in [0.25, 0.3) is 17.0 Å². The van der Waals surface area contributed by atoms with Crippen LogP contribution in [0.4, 0.5) is 10.1 Å². The molecular weight excluding hydrogens is 319 g/mol. The number of aromatic nitrogens is 3. The van der Waals surface area contributed by atoms with E-state index in [2.05, 4.69) is 14.8 Å². The number of nitrogens with zero attached hydrogens (tertiary/aromatic N) is 3. The van der Waals surface area contributed by atoms with Crippen LogP contribution in [0.3, 0.4) is 0 Å². The van der Waals surface area contributed by atoms with Gasteiger partial charge in [0, 0.05) is 5.56 Å². The molecule has 3 aromatic rings. The minimum absolute atomic E-state index is 0.295. The van der Waals surface area contributed by atoms with Crippen LogP contribution in [-0.4, -0.2) is 28.3 Å². The second kappa shape index (κ2) is 5.02. The number of anilines is 1. The first-order valence-corrected chi connectivity index (χ1v) is 8.70. The van der Waals surface area contributed by atoms with Crippen LogP contribution in [0.15, 0.2) is 42.6 Å². The molecular formula is C15H13FN4O2S. The van der Waals surface area contributed by atoms with E-state index in [0.717, 1.165) is 0 Å². The third-order valence-electron chi connectivity index (χ3n) is 3.64. The van der Waals surface area contributed by atoms with Gasteiger partial charge in [0.2, 0.25) is 10.0 Å². The SMILES string of the molecule is O=S(=O)(Nc1ccc2nc(-c3cccc(F)c3)nn2c1)C1CC1. The van der Waals surface area contributed by atoms with Crippen molar-refractivity contribution in [2.75, 3.05) is 4.72 Å². The van der Waals surface area contributed by atoms with E-state index in [1.165, 1.54) is 16.6 Å². The molecule has 1 saturated carbocycles. The molecule has 1 fully saturated rings. The summed E-state index contributed by atoms with van der Waals surface area (Å²) in [6.45, 7) is 0. The summed E-state index contributed by atoms with van der Waals surface area (Å²) in [4.78, 5) is 4.32. The third-order valence-corrected chi connectivity index (χ3v) is 5.51. The average Bonchev–Trinajstić information content (AvgIpc) is 3.28. The second-order valence-electron chi connectivity index (χ2n) is 5.51. The summed E-state index contributed by atoms with van der Waals surface area (Å²) in [5.41, 5.74) is 1.55. The van der Waals surface area contributed by atoms with Crippen molar-refractivity contribution in [1.82, 2.24) is 14.6 Å². The van der Waals surface area contributed by atoms with E-state index in [1.807, 2.05) is 0 Å². The maximum Gasteiger partial charge on any atom is 0.235 e. The predicted molar refractivity (Wildman–Crippen MR) is 83.9 cm³/mol. The zero-order chi connectivity index (χ0) is 16.0. The lowest BCUT2D eigenvalue weighted by molar-refractivity contribution is 0.600. The Morgan fingerprint density at radius 3 is 2.78 bits per heavy atom. The molecule has 0 amide bonds. The van der Waals surface area contributed by atoms with Gasteiger partial charge in [0.1, 0.15) is 5.82 Å². The number of hydrogen-bond acceptors (Lipinski definition) is 4. The Labute approximate surface area is 132 Å². The molecule has 0 atom stereocenters. The molecule has 1 aromatic carbocycles. The zero-order valence-electron chi connectivity index (χ0n) is 12.0. The van der Waals surface area contributed by atoms with Crippen LogP contribution in [0, 0.1) is 5.82 Å². The van der Waals surface area contributed by atoms with E-state index in [-0.39, 0.29) is 11.1 Å². The molecule has 23 heavy (non-hydrogen) atoms. The zero-order valence-corrected chi connectivity index (χ0v) is 12.8. The predicted octanol–water partition coefficient (Wildman–Crippen LogP) is 2.44. The Hall–Kier alpha value is -2.48. The largest absolute Gasteiger partial charge is 0.282 e. The topological polar surface area (TPSA) is 76.4 Å². The summed E-state index contributed by atoms with van der Waals surface area (Å²) < 4.78 is 41.3. The monoisotopic (exact) mass is 332 g/mol. The molecule has 118 valence electrons. The van der Waals surface area contributed by atoms with Gasteiger partial charge in [-0.15, -0.1) is 5.10 Å². The first kappa shape index (κ1) is 14.1. The molecule has 1 N–H and O–H groups in total. The molecule has 0 radical (unpaired) electrons. The summed E-state index contributed by atoms with van der Waals surface area (Å²) >= 11 is 0. The van der Waals surface area contributed by atoms with Crippen molar-refractivity contribution in [3.63, 3.8) is 0 Å². The van der Waals surface area contributed by atoms with Crippen LogP contribution >= 0.6 is 0 Å². The molecule has 4 rings (SSSR count). The molecule has 1 aliphatic carbocycles. The van der Waals surface area contributed by atoms with Gasteiger partial charge in [-0.1, -0.05) is 12.1 Å². The normalized spacial score (nSPS) is 15.0. The molecule has 0 saturated heterocycles. The fourth-order valence-electron chi connectivity index (χ4n) is 2.32. The third kappa shape index (κ3) is 2.77. The Morgan fingerprint density at radius 2 is 2.04 bits per heavy atom. The Bertz CT molecular complexity index is 996. The summed E-state index contributed by atoms with van der Waals surface area (Å²) in [6, 6.07) is 9.32. The van der Waals surface area contributed by atoms with Crippen LogP contribution in [0.1, 0.15) is 12.8 Å². The van der Waals surface area contributed by atoms with E-state index < -0.39 is 10.0 Å². The summed E-state index contributed by atoms with van der Waals surface area (Å²) in [5.74, 6) is 0.0194. The van der Waals surface area contributed by atoms with Gasteiger partial charge in [-0.3, -0.25) is 4.72 Å². The fourth-order valence-corrected chi connectivity index (χ4v) is 3.69. The minimum atomic E-state index is -3.32. The average molecular weight is 332 g/mol. The molecule has 2 heterocycles. The van der Waals surface area contributed by atoms with Crippen LogP contribution < -0.4 is 4.72 Å². The van der Waals surface area contributed by atoms with Crippen molar-refractivity contribution < 1.29 is 12.8 Å². The lowest BCUT2D eigenvalue weighted by atomic mass is 10.2. The van der Waals surface area contributed by atoms with Gasteiger partial charge in [0.15, 0.2) is 11.5 Å². The molecule has 2 aromatic heterocycles. The molecule has 0 aliphatic heterocycles. The molecule has 8 heteroatoms. The highest BCUT2D eigenvalue weighted by Crippen LogP contribution is 2.29. The van der Waals surface area contributed by atoms with Gasteiger partial charge in [-0.05, 0) is 37.1 Å². The summed E-state index contributed by atoms with van der Waals surface area (Å²) in [7, 11) is -3.32. The number of halogens is 1. The van der Waals surface area contributed by atoms with Crippen LogP contribution in [-0.2, 0) is 10.0 Å². The van der Waals surface area contributed by atoms with Crippen molar-refractivity contribution >= 4 is 21.4 Å². The maximum atomic E-state index is 13.3. The smallest absolute Gasteiger partial charge is 0.235 e. The number of sulfonamides is 1. The van der Waals surface area contributed by atoms with Crippen molar-refractivity contribution in [3.05, 3.63) is 48.4 Å². The maximum absolute atomic E-state index is 13.3. The number of fused-ring (bicyclic) bond motifs is 1. The van der Waals surface area contributed by atoms with Gasteiger partial charge in [0.25, 0.3) is 0 Å². The van der Waals surface area contributed by atoms with E-state index in [0.29, 0.717) is 35.6 Å². The van der Waals surface area contributed by atoms with E-state index in [9.17, 15) is 12.8 Å². The number of benzene rings is 1.